The third-order valence-corrected chi connectivity index (χ3v) is 4.84. The molecule has 0 bridgehead atoms. The monoisotopic (exact) mass is 290 g/mol. The van der Waals surface area contributed by atoms with Crippen LogP contribution in [0.15, 0.2) is 24.3 Å². The molecule has 1 unspecified atom stereocenters. The largest absolute Gasteiger partial charge is 0.352 e. The van der Waals surface area contributed by atoms with Crippen LogP contribution in [-0.4, -0.2) is 37.5 Å². The zero-order valence-electron chi connectivity index (χ0n) is 11.4. The number of β-lactam (4-membered cyclic amide) rings is 1. The van der Waals surface area contributed by atoms with E-state index in [0.29, 0.717) is 18.1 Å². The predicted octanol–water partition coefficient (Wildman–Crippen LogP) is 1.35. The van der Waals surface area contributed by atoms with Gasteiger partial charge in [-0.05, 0) is 30.5 Å². The molecule has 6 heteroatoms. The van der Waals surface area contributed by atoms with Crippen LogP contribution < -0.4 is 5.32 Å². The van der Waals surface area contributed by atoms with Crippen LogP contribution >= 0.6 is 11.6 Å². The Labute approximate surface area is 123 Å². The first kappa shape index (κ1) is 13.5. The smallest absolute Gasteiger partial charge is 0.229 e. The summed E-state index contributed by atoms with van der Waals surface area (Å²) in [5, 5.41) is 3.69. The average Bonchev–Trinajstić information content (AvgIpc) is 2.46. The van der Waals surface area contributed by atoms with E-state index in [1.165, 1.54) is 0 Å². The van der Waals surface area contributed by atoms with Crippen molar-refractivity contribution in [2.75, 3.05) is 13.1 Å². The minimum Gasteiger partial charge on any atom is -0.352 e. The van der Waals surface area contributed by atoms with Crippen LogP contribution in [0.1, 0.15) is 24.4 Å². The molecule has 0 aliphatic carbocycles. The number of hydrogen-bond acceptors (Lipinski definition) is 2. The number of amides is 2. The molecular formula is C14H16BClN2O2. The number of piperidine rings is 1. The van der Waals surface area contributed by atoms with Gasteiger partial charge in [-0.3, -0.25) is 9.59 Å². The maximum absolute atomic E-state index is 12.1. The van der Waals surface area contributed by atoms with Gasteiger partial charge in [-0.1, -0.05) is 23.7 Å². The zero-order valence-corrected chi connectivity index (χ0v) is 12.1. The Bertz CT molecular complexity index is 553. The van der Waals surface area contributed by atoms with Crippen molar-refractivity contribution >= 4 is 31.2 Å². The first-order chi connectivity index (χ1) is 9.53. The lowest BCUT2D eigenvalue weighted by molar-refractivity contribution is -0.150. The highest BCUT2D eigenvalue weighted by molar-refractivity contribution is 6.56. The van der Waals surface area contributed by atoms with Gasteiger partial charge >= 0.3 is 0 Å². The van der Waals surface area contributed by atoms with E-state index in [4.69, 9.17) is 11.6 Å². The molecule has 2 heterocycles. The fourth-order valence-electron chi connectivity index (χ4n) is 3.26. The summed E-state index contributed by atoms with van der Waals surface area (Å²) in [6, 6.07) is 7.66. The van der Waals surface area contributed by atoms with Crippen LogP contribution in [-0.2, 0) is 4.79 Å². The predicted molar refractivity (Wildman–Crippen MR) is 79.5 cm³/mol. The molecule has 1 aromatic rings. The second-order valence-corrected chi connectivity index (χ2v) is 6.06. The number of rotatable bonds is 1. The number of carbonyl (C=O) groups is 2. The van der Waals surface area contributed by atoms with Gasteiger partial charge in [-0.15, -0.1) is 0 Å². The van der Waals surface area contributed by atoms with Crippen molar-refractivity contribution in [1.29, 1.82) is 0 Å². The summed E-state index contributed by atoms with van der Waals surface area (Å²) in [6.07, 6.45) is 1.46. The van der Waals surface area contributed by atoms with Crippen molar-refractivity contribution in [2.45, 2.75) is 18.9 Å². The molecule has 104 valence electrons. The third kappa shape index (κ3) is 2.01. The van der Waals surface area contributed by atoms with E-state index in [9.17, 15) is 9.59 Å². The van der Waals surface area contributed by atoms with Crippen LogP contribution in [0.5, 0.6) is 0 Å². The zero-order chi connectivity index (χ0) is 14.3. The fourth-order valence-corrected chi connectivity index (χ4v) is 3.39. The Kier molecular flexibility index (Phi) is 3.25. The van der Waals surface area contributed by atoms with E-state index in [0.717, 1.165) is 18.4 Å². The first-order valence-corrected chi connectivity index (χ1v) is 7.23. The molecule has 20 heavy (non-hydrogen) atoms. The highest BCUT2D eigenvalue weighted by atomic mass is 35.5. The Morgan fingerprint density at radius 2 is 1.90 bits per heavy atom. The lowest BCUT2D eigenvalue weighted by Crippen LogP contribution is -2.64. The number of carbonyl (C=O) groups excluding carboxylic acids is 2. The third-order valence-electron chi connectivity index (χ3n) is 4.58. The number of nitrogens with zero attached hydrogens (tertiary/aromatic N) is 1. The fraction of sp³-hybridized carbons (Fsp3) is 0.429. The molecule has 2 amide bonds. The highest BCUT2D eigenvalue weighted by Crippen LogP contribution is 2.49. The summed E-state index contributed by atoms with van der Waals surface area (Å²) >= 11 is 5.91. The molecule has 2 fully saturated rings. The van der Waals surface area contributed by atoms with Crippen molar-refractivity contribution < 1.29 is 9.59 Å². The molecule has 0 saturated carbocycles. The lowest BCUT2D eigenvalue weighted by Gasteiger charge is -2.52. The van der Waals surface area contributed by atoms with E-state index in [1.54, 1.807) is 7.85 Å². The molecule has 4 nitrogen and oxygen atoms in total. The molecule has 1 atom stereocenters. The number of nitrogens with one attached hydrogen (secondary N) is 1. The number of hydrogen-bond donors (Lipinski definition) is 1. The molecule has 2 saturated heterocycles. The summed E-state index contributed by atoms with van der Waals surface area (Å²) in [6.45, 7) is 1.32. The number of halogens is 1. The topological polar surface area (TPSA) is 49.4 Å². The average molecular weight is 291 g/mol. The molecule has 0 radical (unpaired) electrons. The normalized spacial score (nSPS) is 24.1. The highest BCUT2D eigenvalue weighted by Gasteiger charge is 2.56. The number of benzene rings is 1. The van der Waals surface area contributed by atoms with E-state index < -0.39 is 0 Å². The molecule has 3 rings (SSSR count). The summed E-state index contributed by atoms with van der Waals surface area (Å²) in [4.78, 5) is 25.3. The summed E-state index contributed by atoms with van der Waals surface area (Å²) in [5.41, 5.74) is 0.741. The van der Waals surface area contributed by atoms with Gasteiger partial charge in [0.15, 0.2) is 5.81 Å². The Morgan fingerprint density at radius 3 is 2.40 bits per heavy atom. The van der Waals surface area contributed by atoms with Crippen molar-refractivity contribution in [3.05, 3.63) is 34.9 Å². The van der Waals surface area contributed by atoms with Crippen LogP contribution in [0.2, 0.25) is 5.02 Å². The Morgan fingerprint density at radius 1 is 1.30 bits per heavy atom. The molecule has 2 aliphatic heterocycles. The lowest BCUT2D eigenvalue weighted by atomic mass is 9.64. The summed E-state index contributed by atoms with van der Waals surface area (Å²) < 4.78 is 0. The maximum Gasteiger partial charge on any atom is 0.229 e. The Balaban J connectivity index is 1.80. The van der Waals surface area contributed by atoms with Gasteiger partial charge in [-0.2, -0.15) is 0 Å². The van der Waals surface area contributed by atoms with Crippen molar-refractivity contribution in [3.63, 3.8) is 0 Å². The molecule has 1 aromatic carbocycles. The molecule has 1 spiro atoms. The maximum atomic E-state index is 12.1. The van der Waals surface area contributed by atoms with Gasteiger partial charge in [-0.25, -0.2) is 0 Å². The van der Waals surface area contributed by atoms with Gasteiger partial charge in [0.2, 0.25) is 13.8 Å². The van der Waals surface area contributed by atoms with Gasteiger partial charge in [0.05, 0.1) is 11.5 Å². The van der Waals surface area contributed by atoms with E-state index in [1.807, 2.05) is 29.2 Å². The van der Waals surface area contributed by atoms with E-state index in [2.05, 4.69) is 5.32 Å². The standard InChI is InChI=1S/C14H16BClN2O2/c15-13(20)18-7-5-14(6-8-18)11(17-12(14)19)9-1-3-10(16)4-2-9/h1-4,11H,5-8,15H2,(H,17,19). The molecule has 0 aromatic heterocycles. The van der Waals surface area contributed by atoms with Crippen LogP contribution in [0.4, 0.5) is 4.79 Å². The van der Waals surface area contributed by atoms with Crippen molar-refractivity contribution in [2.24, 2.45) is 5.41 Å². The van der Waals surface area contributed by atoms with Gasteiger partial charge in [0, 0.05) is 18.1 Å². The quantitative estimate of drug-likeness (QED) is 0.627. The van der Waals surface area contributed by atoms with Crippen molar-refractivity contribution in [1.82, 2.24) is 10.2 Å². The van der Waals surface area contributed by atoms with Gasteiger partial charge in [0.1, 0.15) is 0 Å². The SMILES string of the molecule is BC(=O)N1CCC2(CC1)C(=O)NC2c1ccc(Cl)cc1. The van der Waals surface area contributed by atoms with E-state index in [-0.39, 0.29) is 23.2 Å². The van der Waals surface area contributed by atoms with Crippen LogP contribution in [0.3, 0.4) is 0 Å². The molecule has 1 N–H and O–H groups in total. The second kappa shape index (κ2) is 4.81. The first-order valence-electron chi connectivity index (χ1n) is 6.85. The molecular weight excluding hydrogens is 274 g/mol. The van der Waals surface area contributed by atoms with Gasteiger partial charge < -0.3 is 10.2 Å². The number of likely N-dealkylation sites (tertiary alicyclic amines) is 1. The minimum absolute atomic E-state index is 0.0429. The minimum atomic E-state index is -0.347. The van der Waals surface area contributed by atoms with Crippen LogP contribution in [0.25, 0.3) is 0 Å². The Hall–Kier alpha value is -1.49. The summed E-state index contributed by atoms with van der Waals surface area (Å²) in [7, 11) is 1.58. The van der Waals surface area contributed by atoms with Crippen molar-refractivity contribution in [3.8, 4) is 0 Å². The molecule has 2 aliphatic rings. The van der Waals surface area contributed by atoms with E-state index >= 15 is 0 Å². The second-order valence-electron chi connectivity index (χ2n) is 5.62. The summed E-state index contributed by atoms with van der Waals surface area (Å²) in [5.74, 6) is 0.197. The van der Waals surface area contributed by atoms with Gasteiger partial charge in [0.25, 0.3) is 0 Å². The van der Waals surface area contributed by atoms with Crippen LogP contribution in [0, 0.1) is 5.41 Å².